The molecule has 182 valence electrons. The maximum Gasteiger partial charge on any atom is 0.318 e. The van der Waals surface area contributed by atoms with E-state index in [0.717, 1.165) is 30.3 Å². The average molecular weight is 478 g/mol. The molecule has 35 heavy (non-hydrogen) atoms. The highest BCUT2D eigenvalue weighted by Crippen LogP contribution is 2.40. The van der Waals surface area contributed by atoms with Gasteiger partial charge in [0.25, 0.3) is 0 Å². The van der Waals surface area contributed by atoms with Gasteiger partial charge in [0.2, 0.25) is 5.88 Å². The fourth-order valence-electron chi connectivity index (χ4n) is 4.42. The van der Waals surface area contributed by atoms with E-state index >= 15 is 4.39 Å². The van der Waals surface area contributed by atoms with Gasteiger partial charge in [-0.25, -0.2) is 14.4 Å². The third-order valence-corrected chi connectivity index (χ3v) is 6.12. The van der Waals surface area contributed by atoms with Crippen molar-refractivity contribution in [3.05, 3.63) is 35.6 Å². The Morgan fingerprint density at radius 3 is 2.80 bits per heavy atom. The summed E-state index contributed by atoms with van der Waals surface area (Å²) in [5.74, 6) is 0.338. The zero-order valence-corrected chi connectivity index (χ0v) is 20.0. The molecule has 0 saturated heterocycles. The molecule has 4 heterocycles. The molecule has 0 bridgehead atoms. The Bertz CT molecular complexity index is 1410. The van der Waals surface area contributed by atoms with Crippen molar-refractivity contribution in [2.75, 3.05) is 37.8 Å². The second-order valence-electron chi connectivity index (χ2n) is 8.52. The van der Waals surface area contributed by atoms with Gasteiger partial charge >= 0.3 is 6.01 Å². The Balaban J connectivity index is 1.86. The summed E-state index contributed by atoms with van der Waals surface area (Å²) in [6.45, 7) is 6.07. The molecule has 1 aliphatic heterocycles. The number of nitrogens with zero attached hydrogens (tertiary/aromatic N) is 4. The molecule has 0 fully saturated rings. The quantitative estimate of drug-likeness (QED) is 0.406. The molecule has 5 rings (SSSR count). The lowest BCUT2D eigenvalue weighted by Crippen LogP contribution is -2.26. The number of nitrogen functional groups attached to an aromatic ring is 1. The number of anilines is 2. The third-order valence-electron chi connectivity index (χ3n) is 6.12. The van der Waals surface area contributed by atoms with E-state index in [4.69, 9.17) is 20.2 Å². The summed E-state index contributed by atoms with van der Waals surface area (Å²) in [4.78, 5) is 18.0. The maximum atomic E-state index is 16.3. The lowest BCUT2D eigenvalue weighted by atomic mass is 9.98. The predicted octanol–water partition coefficient (Wildman–Crippen LogP) is 3.70. The molecule has 0 spiro atoms. The maximum absolute atomic E-state index is 16.3. The first-order valence-corrected chi connectivity index (χ1v) is 11.7. The van der Waals surface area contributed by atoms with Crippen LogP contribution in [0, 0.1) is 5.82 Å². The standard InChI is InChI=1S/C25H28FN7O2/c1-4-14-6-5-7-16-18(14)15(12-17(27)30-16)21-20(26)22-19-23(33-25(32-22)34-3)29-11-10-28-9-8-13(2)35-24(19)31-21/h5-7,12-13,28H,4,8-11H2,1-3H3,(H2,27,30)(H,29,32,33)/t13-/m0/s1. The van der Waals surface area contributed by atoms with Crippen molar-refractivity contribution < 1.29 is 13.9 Å². The van der Waals surface area contributed by atoms with Gasteiger partial charge < -0.3 is 25.8 Å². The van der Waals surface area contributed by atoms with Crippen molar-refractivity contribution in [1.29, 1.82) is 0 Å². The number of nitrogens with two attached hydrogens (primary N) is 1. The molecule has 4 N–H and O–H groups in total. The van der Waals surface area contributed by atoms with Crippen LogP contribution >= 0.6 is 0 Å². The van der Waals surface area contributed by atoms with Crippen LogP contribution < -0.4 is 25.8 Å². The van der Waals surface area contributed by atoms with Gasteiger partial charge in [-0.1, -0.05) is 19.1 Å². The topological polar surface area (TPSA) is 120 Å². The molecule has 0 amide bonds. The molecule has 4 aromatic rings. The molecule has 3 aromatic heterocycles. The number of aromatic nitrogens is 4. The third kappa shape index (κ3) is 4.25. The molecule has 0 saturated carbocycles. The molecular formula is C25H28FN7O2. The Morgan fingerprint density at radius 1 is 1.14 bits per heavy atom. The molecule has 1 aliphatic rings. The number of methoxy groups -OCH3 is 1. The number of halogens is 1. The zero-order chi connectivity index (χ0) is 24.5. The molecule has 1 atom stereocenters. The summed E-state index contributed by atoms with van der Waals surface area (Å²) in [5, 5.41) is 7.78. The lowest BCUT2D eigenvalue weighted by Gasteiger charge is -2.19. The fourth-order valence-corrected chi connectivity index (χ4v) is 4.42. The largest absolute Gasteiger partial charge is 0.474 e. The number of hydrogen-bond donors (Lipinski definition) is 3. The van der Waals surface area contributed by atoms with Crippen LogP contribution in [0.1, 0.15) is 25.8 Å². The van der Waals surface area contributed by atoms with Crippen LogP contribution in [0.2, 0.25) is 0 Å². The second kappa shape index (κ2) is 9.46. The minimum absolute atomic E-state index is 0.0474. The van der Waals surface area contributed by atoms with Crippen LogP contribution in [-0.4, -0.2) is 52.8 Å². The Hall–Kier alpha value is -3.79. The van der Waals surface area contributed by atoms with Gasteiger partial charge in [0.1, 0.15) is 28.2 Å². The summed E-state index contributed by atoms with van der Waals surface area (Å²) in [5.41, 5.74) is 8.53. The molecular weight excluding hydrogens is 449 g/mol. The van der Waals surface area contributed by atoms with E-state index < -0.39 is 5.82 Å². The van der Waals surface area contributed by atoms with E-state index in [2.05, 4.69) is 25.6 Å². The monoisotopic (exact) mass is 477 g/mol. The minimum atomic E-state index is -0.602. The predicted molar refractivity (Wildman–Crippen MR) is 134 cm³/mol. The van der Waals surface area contributed by atoms with E-state index in [1.54, 1.807) is 6.07 Å². The zero-order valence-electron chi connectivity index (χ0n) is 20.0. The molecule has 0 unspecified atom stereocenters. The fraction of sp³-hybridized carbons (Fsp3) is 0.360. The SMILES string of the molecule is CCc1cccc2nc(N)cc(-c3nc4c5c(nc(OC)nc5c3F)NCCNCC[C@H](C)O4)c12. The highest BCUT2D eigenvalue weighted by molar-refractivity contribution is 6.01. The Morgan fingerprint density at radius 2 is 2.00 bits per heavy atom. The molecule has 0 aliphatic carbocycles. The number of aryl methyl sites for hydroxylation is 1. The van der Waals surface area contributed by atoms with Gasteiger partial charge in [-0.3, -0.25) is 0 Å². The van der Waals surface area contributed by atoms with Crippen LogP contribution in [0.25, 0.3) is 33.1 Å². The minimum Gasteiger partial charge on any atom is -0.474 e. The smallest absolute Gasteiger partial charge is 0.318 e. The first kappa shape index (κ1) is 23.0. The van der Waals surface area contributed by atoms with E-state index in [1.807, 2.05) is 32.0 Å². The number of rotatable bonds is 3. The van der Waals surface area contributed by atoms with Crippen LogP contribution in [-0.2, 0) is 6.42 Å². The highest BCUT2D eigenvalue weighted by Gasteiger charge is 2.26. The lowest BCUT2D eigenvalue weighted by molar-refractivity contribution is 0.205. The van der Waals surface area contributed by atoms with Gasteiger partial charge in [0.15, 0.2) is 5.82 Å². The van der Waals surface area contributed by atoms with Crippen LogP contribution in [0.3, 0.4) is 0 Å². The van der Waals surface area contributed by atoms with Crippen LogP contribution in [0.4, 0.5) is 16.0 Å². The first-order chi connectivity index (χ1) is 17.0. The summed E-state index contributed by atoms with van der Waals surface area (Å²) in [7, 11) is 1.45. The van der Waals surface area contributed by atoms with Gasteiger partial charge in [0, 0.05) is 24.0 Å². The van der Waals surface area contributed by atoms with Crippen molar-refractivity contribution in [3.8, 4) is 23.1 Å². The normalized spacial score (nSPS) is 16.4. The Labute approximate surface area is 202 Å². The first-order valence-electron chi connectivity index (χ1n) is 11.7. The molecule has 9 nitrogen and oxygen atoms in total. The van der Waals surface area contributed by atoms with E-state index in [9.17, 15) is 0 Å². The summed E-state index contributed by atoms with van der Waals surface area (Å²) < 4.78 is 27.9. The second-order valence-corrected chi connectivity index (χ2v) is 8.52. The van der Waals surface area contributed by atoms with Gasteiger partial charge in [0.05, 0.1) is 18.7 Å². The van der Waals surface area contributed by atoms with Gasteiger partial charge in [-0.15, -0.1) is 0 Å². The summed E-state index contributed by atoms with van der Waals surface area (Å²) >= 11 is 0. The van der Waals surface area contributed by atoms with Crippen molar-refractivity contribution in [1.82, 2.24) is 25.3 Å². The van der Waals surface area contributed by atoms with Gasteiger partial charge in [-0.05, 0) is 44.0 Å². The van der Waals surface area contributed by atoms with Crippen LogP contribution in [0.5, 0.6) is 11.9 Å². The van der Waals surface area contributed by atoms with E-state index in [-0.39, 0.29) is 35.0 Å². The van der Waals surface area contributed by atoms with Crippen molar-refractivity contribution in [3.63, 3.8) is 0 Å². The summed E-state index contributed by atoms with van der Waals surface area (Å²) in [6.07, 6.45) is 1.32. The van der Waals surface area contributed by atoms with E-state index in [1.165, 1.54) is 7.11 Å². The van der Waals surface area contributed by atoms with Crippen molar-refractivity contribution in [2.24, 2.45) is 0 Å². The molecule has 0 radical (unpaired) electrons. The van der Waals surface area contributed by atoms with E-state index in [0.29, 0.717) is 35.4 Å². The van der Waals surface area contributed by atoms with Crippen molar-refractivity contribution >= 4 is 33.4 Å². The number of nitrogens with one attached hydrogen (secondary N) is 2. The number of pyridine rings is 2. The number of hydrogen-bond acceptors (Lipinski definition) is 9. The number of benzene rings is 1. The molecule has 1 aromatic carbocycles. The van der Waals surface area contributed by atoms with Crippen LogP contribution in [0.15, 0.2) is 24.3 Å². The van der Waals surface area contributed by atoms with Gasteiger partial charge in [-0.2, -0.15) is 9.97 Å². The number of fused-ring (bicyclic) bond motifs is 1. The Kier molecular flexibility index (Phi) is 6.21. The average Bonchev–Trinajstić information content (AvgIpc) is 2.89. The number of ether oxygens (including phenoxy) is 2. The molecule has 10 heteroatoms. The highest BCUT2D eigenvalue weighted by atomic mass is 19.1. The van der Waals surface area contributed by atoms with Crippen molar-refractivity contribution in [2.45, 2.75) is 32.8 Å². The summed E-state index contributed by atoms with van der Waals surface area (Å²) in [6, 6.07) is 7.48.